The summed E-state index contributed by atoms with van der Waals surface area (Å²) in [6, 6.07) is 12.2. The van der Waals surface area contributed by atoms with Crippen molar-refractivity contribution in [3.05, 3.63) is 59.9 Å². The molecule has 0 unspecified atom stereocenters. The molecule has 6 nitrogen and oxygen atoms in total. The molecule has 8 heteroatoms. The van der Waals surface area contributed by atoms with Crippen LogP contribution in [0.25, 0.3) is 0 Å². The lowest BCUT2D eigenvalue weighted by atomic mass is 10.2. The zero-order valence-corrected chi connectivity index (χ0v) is 15.8. The van der Waals surface area contributed by atoms with Gasteiger partial charge in [-0.25, -0.2) is 4.39 Å². The number of anilines is 1. The Morgan fingerprint density at radius 2 is 1.74 bits per heavy atom. The number of carbonyl (C=O) groups excluding carboxylic acids is 1. The maximum absolute atomic E-state index is 13.2. The average molecular weight is 392 g/mol. The van der Waals surface area contributed by atoms with E-state index in [9.17, 15) is 17.6 Å². The number of rotatable bonds is 5. The normalized spacial score (nSPS) is 14.9. The maximum Gasteiger partial charge on any atom is 0.313 e. The minimum Gasteiger partial charge on any atom is -0.382 e. The van der Waals surface area contributed by atoms with E-state index in [0.29, 0.717) is 18.7 Å². The van der Waals surface area contributed by atoms with E-state index < -0.39 is 21.7 Å². The lowest BCUT2D eigenvalue weighted by molar-refractivity contribution is -0.129. The first-order chi connectivity index (χ1) is 12.8. The van der Waals surface area contributed by atoms with Crippen LogP contribution in [0.3, 0.4) is 0 Å². The summed E-state index contributed by atoms with van der Waals surface area (Å²) >= 11 is 0. The molecule has 1 saturated heterocycles. The van der Waals surface area contributed by atoms with Crippen LogP contribution < -0.4 is 9.08 Å². The van der Waals surface area contributed by atoms with Gasteiger partial charge < -0.3 is 14.0 Å². The number of amides is 1. The summed E-state index contributed by atoms with van der Waals surface area (Å²) in [5.41, 5.74) is 1.27. The molecule has 0 radical (unpaired) electrons. The van der Waals surface area contributed by atoms with Crippen molar-refractivity contribution in [1.29, 1.82) is 0 Å². The molecule has 0 saturated carbocycles. The molecule has 27 heavy (non-hydrogen) atoms. The summed E-state index contributed by atoms with van der Waals surface area (Å²) in [6.45, 7) is 4.33. The zero-order chi connectivity index (χ0) is 19.4. The van der Waals surface area contributed by atoms with Gasteiger partial charge in [-0.15, -0.1) is 0 Å². The molecule has 1 aliphatic heterocycles. The molecule has 2 aromatic rings. The van der Waals surface area contributed by atoms with Crippen LogP contribution in [0.2, 0.25) is 0 Å². The van der Waals surface area contributed by atoms with E-state index in [2.05, 4.69) is 4.90 Å². The highest BCUT2D eigenvalue weighted by atomic mass is 32.2. The van der Waals surface area contributed by atoms with E-state index >= 15 is 0 Å². The van der Waals surface area contributed by atoms with E-state index in [1.54, 1.807) is 36.1 Å². The van der Waals surface area contributed by atoms with E-state index in [-0.39, 0.29) is 11.7 Å². The van der Waals surface area contributed by atoms with Crippen LogP contribution in [-0.4, -0.2) is 45.4 Å². The molecule has 2 aromatic carbocycles. The minimum atomic E-state index is -3.88. The van der Waals surface area contributed by atoms with Gasteiger partial charge in [-0.3, -0.25) is 4.79 Å². The molecule has 0 N–H and O–H groups in total. The highest BCUT2D eigenvalue weighted by molar-refractivity contribution is 7.86. The van der Waals surface area contributed by atoms with Crippen molar-refractivity contribution in [2.24, 2.45) is 0 Å². The van der Waals surface area contributed by atoms with Crippen LogP contribution >= 0.6 is 0 Å². The number of hydrogen-bond acceptors (Lipinski definition) is 5. The third-order valence-corrected chi connectivity index (χ3v) is 5.52. The Morgan fingerprint density at radius 3 is 2.33 bits per heavy atom. The molecule has 0 atom stereocenters. The Bertz CT molecular complexity index is 908. The summed E-state index contributed by atoms with van der Waals surface area (Å²) in [7, 11) is -3.88. The smallest absolute Gasteiger partial charge is 0.313 e. The lowest BCUT2D eigenvalue weighted by Gasteiger charge is -2.35. The van der Waals surface area contributed by atoms with Crippen LogP contribution in [0.4, 0.5) is 10.1 Å². The number of benzene rings is 2. The Hall–Kier alpha value is -2.61. The summed E-state index contributed by atoms with van der Waals surface area (Å²) in [5, 5.41) is 0. The average Bonchev–Trinajstić information content (AvgIpc) is 2.61. The number of piperazine rings is 1. The van der Waals surface area contributed by atoms with Gasteiger partial charge in [-0.05, 0) is 42.0 Å². The molecule has 0 aliphatic carbocycles. The summed E-state index contributed by atoms with van der Waals surface area (Å²) in [4.78, 5) is 15.3. The van der Waals surface area contributed by atoms with Gasteiger partial charge in [-0.1, -0.05) is 12.1 Å². The highest BCUT2D eigenvalue weighted by Gasteiger charge is 2.19. The molecule has 144 valence electrons. The first kappa shape index (κ1) is 19.2. The van der Waals surface area contributed by atoms with Gasteiger partial charge in [0.05, 0.1) is 0 Å². The molecule has 0 aromatic heterocycles. The molecule has 1 fully saturated rings. The van der Waals surface area contributed by atoms with Crippen molar-refractivity contribution in [3.63, 3.8) is 0 Å². The van der Waals surface area contributed by atoms with Crippen LogP contribution in [0, 0.1) is 5.82 Å². The van der Waals surface area contributed by atoms with Crippen molar-refractivity contribution in [2.75, 3.05) is 31.1 Å². The van der Waals surface area contributed by atoms with Gasteiger partial charge >= 0.3 is 10.1 Å². The van der Waals surface area contributed by atoms with Gasteiger partial charge in [0.15, 0.2) is 0 Å². The van der Waals surface area contributed by atoms with Crippen LogP contribution in [0.5, 0.6) is 5.75 Å². The van der Waals surface area contributed by atoms with Gasteiger partial charge in [0, 0.05) is 38.8 Å². The van der Waals surface area contributed by atoms with Crippen molar-refractivity contribution in [2.45, 2.75) is 12.7 Å². The maximum atomic E-state index is 13.2. The van der Waals surface area contributed by atoms with Crippen LogP contribution in [0.15, 0.2) is 48.5 Å². The Morgan fingerprint density at radius 1 is 1.07 bits per heavy atom. The monoisotopic (exact) mass is 392 g/mol. The second kappa shape index (κ2) is 7.96. The third kappa shape index (κ3) is 5.19. The SMILES string of the molecule is CC(=O)N1CCN(c2ccc(OS(=O)(=O)Cc3cccc(F)c3)cc2)CC1. The van der Waals surface area contributed by atoms with Crippen molar-refractivity contribution in [3.8, 4) is 5.75 Å². The lowest BCUT2D eigenvalue weighted by Crippen LogP contribution is -2.48. The van der Waals surface area contributed by atoms with Gasteiger partial charge in [0.25, 0.3) is 0 Å². The number of hydrogen-bond donors (Lipinski definition) is 0. The molecule has 1 heterocycles. The minimum absolute atomic E-state index is 0.0712. The highest BCUT2D eigenvalue weighted by Crippen LogP contribution is 2.22. The quantitative estimate of drug-likeness (QED) is 0.731. The van der Waals surface area contributed by atoms with E-state index in [1.165, 1.54) is 24.3 Å². The van der Waals surface area contributed by atoms with Crippen molar-refractivity contribution >= 4 is 21.7 Å². The summed E-state index contributed by atoms with van der Waals surface area (Å²) in [5.74, 6) is -0.615. The predicted octanol–water partition coefficient (Wildman–Crippen LogP) is 2.40. The fraction of sp³-hybridized carbons (Fsp3) is 0.316. The number of nitrogens with zero attached hydrogens (tertiary/aromatic N) is 2. The van der Waals surface area contributed by atoms with Gasteiger partial charge in [0.1, 0.15) is 17.3 Å². The Kier molecular flexibility index (Phi) is 5.65. The second-order valence-corrected chi connectivity index (χ2v) is 7.97. The first-order valence-corrected chi connectivity index (χ1v) is 10.2. The van der Waals surface area contributed by atoms with Crippen molar-refractivity contribution in [1.82, 2.24) is 4.90 Å². The fourth-order valence-corrected chi connectivity index (χ4v) is 4.05. The molecular weight excluding hydrogens is 371 g/mol. The molecule has 0 bridgehead atoms. The molecule has 0 spiro atoms. The largest absolute Gasteiger partial charge is 0.382 e. The zero-order valence-electron chi connectivity index (χ0n) is 15.0. The third-order valence-electron chi connectivity index (χ3n) is 4.38. The summed E-state index contributed by atoms with van der Waals surface area (Å²) < 4.78 is 42.7. The molecule has 3 rings (SSSR count). The van der Waals surface area contributed by atoms with Gasteiger partial charge in [0.2, 0.25) is 5.91 Å². The van der Waals surface area contributed by atoms with Crippen LogP contribution in [-0.2, 0) is 20.7 Å². The molecule has 1 amide bonds. The molecule has 1 aliphatic rings. The Balaban J connectivity index is 1.61. The van der Waals surface area contributed by atoms with Crippen molar-refractivity contribution < 1.29 is 21.8 Å². The number of halogens is 1. The standard InChI is InChI=1S/C19H21FN2O4S/c1-15(23)21-9-11-22(12-10-21)18-5-7-19(8-6-18)26-27(24,25)14-16-3-2-4-17(20)13-16/h2-8,13H,9-12,14H2,1H3. The van der Waals surface area contributed by atoms with Gasteiger partial charge in [-0.2, -0.15) is 8.42 Å². The van der Waals surface area contributed by atoms with E-state index in [1.807, 2.05) is 0 Å². The molecular formula is C19H21FN2O4S. The summed E-state index contributed by atoms with van der Waals surface area (Å²) in [6.07, 6.45) is 0. The second-order valence-electron chi connectivity index (χ2n) is 6.40. The van der Waals surface area contributed by atoms with E-state index in [0.717, 1.165) is 18.8 Å². The Labute approximate surface area is 158 Å². The van der Waals surface area contributed by atoms with E-state index in [4.69, 9.17) is 4.18 Å². The predicted molar refractivity (Wildman–Crippen MR) is 101 cm³/mol. The van der Waals surface area contributed by atoms with Crippen LogP contribution in [0.1, 0.15) is 12.5 Å². The topological polar surface area (TPSA) is 66.9 Å². The first-order valence-electron chi connectivity index (χ1n) is 8.59. The fourth-order valence-electron chi connectivity index (χ4n) is 3.00. The number of carbonyl (C=O) groups is 1.